The predicted molar refractivity (Wildman–Crippen MR) is 92.1 cm³/mol. The van der Waals surface area contributed by atoms with E-state index in [1.165, 1.54) is 6.42 Å². The maximum atomic E-state index is 13.1. The van der Waals surface area contributed by atoms with Gasteiger partial charge in [-0.15, -0.1) is 0 Å². The number of piperidine rings is 1. The monoisotopic (exact) mass is 308 g/mol. The number of rotatable bonds is 4. The quantitative estimate of drug-likeness (QED) is 0.863. The molecule has 3 rings (SSSR count). The number of likely N-dealkylation sites (tertiary alicyclic amines) is 1. The largest absolute Gasteiger partial charge is 0.342 e. The lowest BCUT2D eigenvalue weighted by atomic mass is 9.90. The fraction of sp³-hybridized carbons (Fsp3) is 0.400. The number of benzene rings is 1. The van der Waals surface area contributed by atoms with Crippen molar-refractivity contribution in [3.8, 4) is 0 Å². The summed E-state index contributed by atoms with van der Waals surface area (Å²) in [6.07, 6.45) is 4.79. The molecule has 0 N–H and O–H groups in total. The number of pyridine rings is 1. The summed E-state index contributed by atoms with van der Waals surface area (Å²) in [5.41, 5.74) is 2.06. The van der Waals surface area contributed by atoms with Crippen LogP contribution in [-0.4, -0.2) is 28.9 Å². The highest BCUT2D eigenvalue weighted by atomic mass is 16.2. The van der Waals surface area contributed by atoms with Gasteiger partial charge in [0.15, 0.2) is 0 Å². The van der Waals surface area contributed by atoms with Crippen LogP contribution in [0.15, 0.2) is 54.7 Å². The molecule has 2 heterocycles. The van der Waals surface area contributed by atoms with Gasteiger partial charge >= 0.3 is 0 Å². The molecule has 0 radical (unpaired) electrons. The Bertz CT molecular complexity index is 627. The van der Waals surface area contributed by atoms with Crippen LogP contribution in [0.4, 0.5) is 0 Å². The van der Waals surface area contributed by atoms with E-state index in [4.69, 9.17) is 0 Å². The van der Waals surface area contributed by atoms with Gasteiger partial charge in [0, 0.05) is 31.4 Å². The smallest absolute Gasteiger partial charge is 0.230 e. The molecule has 1 aliphatic heterocycles. The number of aromatic nitrogens is 1. The Hall–Kier alpha value is -2.16. The summed E-state index contributed by atoms with van der Waals surface area (Å²) in [5, 5.41) is 0. The molecule has 0 bridgehead atoms. The molecule has 1 aromatic carbocycles. The minimum atomic E-state index is -0.142. The predicted octanol–water partition coefficient (Wildman–Crippen LogP) is 3.67. The first kappa shape index (κ1) is 15.7. The second kappa shape index (κ2) is 7.40. The first-order valence-electron chi connectivity index (χ1n) is 8.47. The van der Waals surface area contributed by atoms with Crippen molar-refractivity contribution in [3.63, 3.8) is 0 Å². The zero-order chi connectivity index (χ0) is 16.1. The summed E-state index contributed by atoms with van der Waals surface area (Å²) >= 11 is 0. The van der Waals surface area contributed by atoms with Crippen LogP contribution in [0.3, 0.4) is 0 Å². The lowest BCUT2D eigenvalue weighted by Gasteiger charge is -2.33. The second-order valence-electron chi connectivity index (χ2n) is 6.52. The van der Waals surface area contributed by atoms with E-state index in [0.717, 1.165) is 30.8 Å². The van der Waals surface area contributed by atoms with Crippen molar-refractivity contribution in [1.29, 1.82) is 0 Å². The first-order chi connectivity index (χ1) is 11.2. The van der Waals surface area contributed by atoms with Crippen molar-refractivity contribution in [3.05, 3.63) is 66.0 Å². The minimum Gasteiger partial charge on any atom is -0.342 e. The average Bonchev–Trinajstić information content (AvgIpc) is 2.61. The number of nitrogens with zero attached hydrogens (tertiary/aromatic N) is 2. The van der Waals surface area contributed by atoms with Gasteiger partial charge in [-0.05, 0) is 36.5 Å². The molecule has 1 saturated heterocycles. The van der Waals surface area contributed by atoms with E-state index in [0.29, 0.717) is 12.3 Å². The van der Waals surface area contributed by atoms with Gasteiger partial charge in [0.1, 0.15) is 0 Å². The molecule has 3 nitrogen and oxygen atoms in total. The van der Waals surface area contributed by atoms with E-state index < -0.39 is 0 Å². The lowest BCUT2D eigenvalue weighted by Crippen LogP contribution is -2.42. The van der Waals surface area contributed by atoms with E-state index in [1.54, 1.807) is 6.20 Å². The second-order valence-corrected chi connectivity index (χ2v) is 6.52. The standard InChI is InChI=1S/C20H24N2O/c1-16-8-7-13-22(15-16)20(23)19(17-9-3-2-4-10-17)14-18-11-5-6-12-21-18/h2-6,9-12,16,19H,7-8,13-15H2,1H3. The maximum Gasteiger partial charge on any atom is 0.230 e. The molecular formula is C20H24N2O. The molecular weight excluding hydrogens is 284 g/mol. The van der Waals surface area contributed by atoms with Gasteiger partial charge < -0.3 is 4.90 Å². The van der Waals surface area contributed by atoms with Crippen molar-refractivity contribution < 1.29 is 4.79 Å². The van der Waals surface area contributed by atoms with E-state index in [9.17, 15) is 4.79 Å². The molecule has 0 aliphatic carbocycles. The first-order valence-corrected chi connectivity index (χ1v) is 8.47. The highest BCUT2D eigenvalue weighted by Gasteiger charge is 2.29. The van der Waals surface area contributed by atoms with Gasteiger partial charge in [-0.3, -0.25) is 9.78 Å². The van der Waals surface area contributed by atoms with Crippen LogP contribution >= 0.6 is 0 Å². The molecule has 1 aromatic heterocycles. The summed E-state index contributed by atoms with van der Waals surface area (Å²) in [4.78, 5) is 19.6. The Balaban J connectivity index is 1.84. The van der Waals surface area contributed by atoms with Gasteiger partial charge in [0.05, 0.1) is 5.92 Å². The number of hydrogen-bond donors (Lipinski definition) is 0. The molecule has 2 unspecified atom stereocenters. The van der Waals surface area contributed by atoms with E-state index >= 15 is 0 Å². The molecule has 2 atom stereocenters. The Labute approximate surface area is 138 Å². The van der Waals surface area contributed by atoms with Gasteiger partial charge in [-0.1, -0.05) is 43.3 Å². The molecule has 2 aromatic rings. The van der Waals surface area contributed by atoms with Crippen molar-refractivity contribution in [2.75, 3.05) is 13.1 Å². The van der Waals surface area contributed by atoms with Crippen molar-refractivity contribution in [2.24, 2.45) is 5.92 Å². The van der Waals surface area contributed by atoms with Crippen molar-refractivity contribution in [2.45, 2.75) is 32.1 Å². The topological polar surface area (TPSA) is 33.2 Å². The van der Waals surface area contributed by atoms with Crippen LogP contribution in [0.5, 0.6) is 0 Å². The number of carbonyl (C=O) groups is 1. The van der Waals surface area contributed by atoms with Crippen LogP contribution in [0.2, 0.25) is 0 Å². The Morgan fingerprint density at radius 1 is 1.22 bits per heavy atom. The SMILES string of the molecule is CC1CCCN(C(=O)C(Cc2ccccn2)c2ccccc2)C1. The summed E-state index contributed by atoms with van der Waals surface area (Å²) in [7, 11) is 0. The van der Waals surface area contributed by atoms with Gasteiger partial charge in [-0.2, -0.15) is 0 Å². The summed E-state index contributed by atoms with van der Waals surface area (Å²) in [6, 6.07) is 16.0. The molecule has 1 aliphatic rings. The highest BCUT2D eigenvalue weighted by Crippen LogP contribution is 2.25. The Kier molecular flexibility index (Phi) is 5.06. The van der Waals surface area contributed by atoms with Crippen LogP contribution in [0, 0.1) is 5.92 Å². The minimum absolute atomic E-state index is 0.142. The summed E-state index contributed by atoms with van der Waals surface area (Å²) < 4.78 is 0. The highest BCUT2D eigenvalue weighted by molar-refractivity contribution is 5.84. The van der Waals surface area contributed by atoms with Crippen LogP contribution in [-0.2, 0) is 11.2 Å². The summed E-state index contributed by atoms with van der Waals surface area (Å²) in [6.45, 7) is 3.99. The van der Waals surface area contributed by atoms with Crippen LogP contribution in [0.25, 0.3) is 0 Å². The Morgan fingerprint density at radius 2 is 2.00 bits per heavy atom. The van der Waals surface area contributed by atoms with E-state index in [2.05, 4.69) is 28.9 Å². The summed E-state index contributed by atoms with van der Waals surface area (Å²) in [5.74, 6) is 0.698. The van der Waals surface area contributed by atoms with Gasteiger partial charge in [0.2, 0.25) is 5.91 Å². The average molecular weight is 308 g/mol. The van der Waals surface area contributed by atoms with Crippen molar-refractivity contribution in [1.82, 2.24) is 9.88 Å². The fourth-order valence-electron chi connectivity index (χ4n) is 3.37. The van der Waals surface area contributed by atoms with Crippen LogP contribution in [0.1, 0.15) is 36.9 Å². The zero-order valence-corrected chi connectivity index (χ0v) is 13.7. The third kappa shape index (κ3) is 3.98. The molecule has 1 amide bonds. The lowest BCUT2D eigenvalue weighted by molar-refractivity contribution is -0.134. The third-order valence-electron chi connectivity index (χ3n) is 4.61. The molecule has 0 spiro atoms. The number of amides is 1. The number of hydrogen-bond acceptors (Lipinski definition) is 2. The maximum absolute atomic E-state index is 13.1. The fourth-order valence-corrected chi connectivity index (χ4v) is 3.37. The molecule has 0 saturated carbocycles. The van der Waals surface area contributed by atoms with E-state index in [-0.39, 0.29) is 11.8 Å². The zero-order valence-electron chi connectivity index (χ0n) is 13.7. The van der Waals surface area contributed by atoms with E-state index in [1.807, 2.05) is 36.4 Å². The molecule has 3 heteroatoms. The normalized spacial score (nSPS) is 19.3. The third-order valence-corrected chi connectivity index (χ3v) is 4.61. The molecule has 120 valence electrons. The van der Waals surface area contributed by atoms with Crippen molar-refractivity contribution >= 4 is 5.91 Å². The Morgan fingerprint density at radius 3 is 2.70 bits per heavy atom. The molecule has 1 fully saturated rings. The van der Waals surface area contributed by atoms with Crippen LogP contribution < -0.4 is 0 Å². The van der Waals surface area contributed by atoms with Gasteiger partial charge in [-0.25, -0.2) is 0 Å². The number of carbonyl (C=O) groups excluding carboxylic acids is 1. The van der Waals surface area contributed by atoms with Gasteiger partial charge in [0.25, 0.3) is 0 Å². The molecule has 23 heavy (non-hydrogen) atoms.